The Labute approximate surface area is 137 Å². The van der Waals surface area contributed by atoms with Crippen molar-refractivity contribution in [3.8, 4) is 0 Å². The SMILES string of the molecule is F/C=C/CCCCC1CCC(CCc2ccc(F)c(F)c2)CC1. The standard InChI is InChI=1S/C20H27F3/c21-14-4-2-1-3-5-16-6-8-17(9-7-16)10-11-18-12-13-19(22)20(23)15-18/h4,12-17H,1-3,5-11H2/b14-4+. The van der Waals surface area contributed by atoms with E-state index in [1.807, 2.05) is 0 Å². The average Bonchev–Trinajstić information content (AvgIpc) is 2.57. The van der Waals surface area contributed by atoms with Gasteiger partial charge < -0.3 is 0 Å². The van der Waals surface area contributed by atoms with E-state index in [0.29, 0.717) is 12.2 Å². The minimum Gasteiger partial charge on any atom is -0.216 e. The third kappa shape index (κ3) is 6.40. The summed E-state index contributed by atoms with van der Waals surface area (Å²) in [6.45, 7) is 0. The summed E-state index contributed by atoms with van der Waals surface area (Å²) < 4.78 is 37.9. The molecule has 128 valence electrons. The highest BCUT2D eigenvalue weighted by molar-refractivity contribution is 5.17. The number of hydrogen-bond donors (Lipinski definition) is 0. The summed E-state index contributed by atoms with van der Waals surface area (Å²) in [7, 11) is 0. The van der Waals surface area contributed by atoms with Crippen molar-refractivity contribution >= 4 is 0 Å². The summed E-state index contributed by atoms with van der Waals surface area (Å²) in [6.07, 6.45) is 13.6. The molecule has 23 heavy (non-hydrogen) atoms. The second-order valence-corrected chi connectivity index (χ2v) is 6.82. The van der Waals surface area contributed by atoms with E-state index in [1.54, 1.807) is 12.1 Å². The van der Waals surface area contributed by atoms with E-state index in [1.165, 1.54) is 50.7 Å². The molecule has 0 nitrogen and oxygen atoms in total. The van der Waals surface area contributed by atoms with Crippen LogP contribution in [0.3, 0.4) is 0 Å². The lowest BCUT2D eigenvalue weighted by molar-refractivity contribution is 0.249. The van der Waals surface area contributed by atoms with Crippen LogP contribution >= 0.6 is 0 Å². The predicted molar refractivity (Wildman–Crippen MR) is 88.8 cm³/mol. The molecule has 0 heterocycles. The molecule has 1 fully saturated rings. The van der Waals surface area contributed by atoms with Gasteiger partial charge >= 0.3 is 0 Å². The third-order valence-corrected chi connectivity index (χ3v) is 5.11. The van der Waals surface area contributed by atoms with E-state index in [2.05, 4.69) is 0 Å². The molecule has 0 spiro atoms. The highest BCUT2D eigenvalue weighted by atomic mass is 19.2. The Bertz CT molecular complexity index is 488. The van der Waals surface area contributed by atoms with Gasteiger partial charge in [0.15, 0.2) is 11.6 Å². The monoisotopic (exact) mass is 324 g/mol. The van der Waals surface area contributed by atoms with Crippen LogP contribution < -0.4 is 0 Å². The Morgan fingerprint density at radius 1 is 0.913 bits per heavy atom. The molecule has 0 amide bonds. The van der Waals surface area contributed by atoms with E-state index in [9.17, 15) is 13.2 Å². The maximum atomic E-state index is 13.2. The first-order chi connectivity index (χ1) is 11.2. The Kier molecular flexibility index (Phi) is 7.70. The topological polar surface area (TPSA) is 0 Å². The number of rotatable bonds is 8. The lowest BCUT2D eigenvalue weighted by atomic mass is 9.78. The summed E-state index contributed by atoms with van der Waals surface area (Å²) in [6, 6.07) is 4.24. The summed E-state index contributed by atoms with van der Waals surface area (Å²) >= 11 is 0. The molecule has 0 saturated heterocycles. The largest absolute Gasteiger partial charge is 0.216 e. The van der Waals surface area contributed by atoms with Crippen molar-refractivity contribution in [2.24, 2.45) is 11.8 Å². The maximum absolute atomic E-state index is 13.2. The fourth-order valence-electron chi connectivity index (χ4n) is 3.63. The van der Waals surface area contributed by atoms with Crippen LogP contribution in [-0.2, 0) is 6.42 Å². The zero-order valence-corrected chi connectivity index (χ0v) is 13.7. The molecular formula is C20H27F3. The van der Waals surface area contributed by atoms with Gasteiger partial charge in [0, 0.05) is 0 Å². The highest BCUT2D eigenvalue weighted by Crippen LogP contribution is 2.34. The molecule has 0 bridgehead atoms. The van der Waals surface area contributed by atoms with Gasteiger partial charge in [-0.05, 0) is 55.2 Å². The minimum atomic E-state index is -0.767. The van der Waals surface area contributed by atoms with Crippen molar-refractivity contribution in [1.82, 2.24) is 0 Å². The van der Waals surface area contributed by atoms with E-state index in [-0.39, 0.29) is 0 Å². The van der Waals surface area contributed by atoms with Gasteiger partial charge in [-0.1, -0.05) is 50.7 Å². The Balaban J connectivity index is 1.61. The molecule has 0 radical (unpaired) electrons. The van der Waals surface area contributed by atoms with Gasteiger partial charge in [0.1, 0.15) is 0 Å². The number of benzene rings is 1. The van der Waals surface area contributed by atoms with Gasteiger partial charge in [-0.25, -0.2) is 13.2 Å². The molecule has 1 saturated carbocycles. The molecule has 0 unspecified atom stereocenters. The first-order valence-corrected chi connectivity index (χ1v) is 8.88. The van der Waals surface area contributed by atoms with Crippen LogP contribution in [-0.4, -0.2) is 0 Å². The van der Waals surface area contributed by atoms with Crippen LogP contribution in [0.4, 0.5) is 13.2 Å². The van der Waals surface area contributed by atoms with Crippen LogP contribution in [0.2, 0.25) is 0 Å². The fraction of sp³-hybridized carbons (Fsp3) is 0.600. The highest BCUT2D eigenvalue weighted by Gasteiger charge is 2.20. The van der Waals surface area contributed by atoms with Crippen molar-refractivity contribution in [2.75, 3.05) is 0 Å². The van der Waals surface area contributed by atoms with Crippen molar-refractivity contribution in [3.63, 3.8) is 0 Å². The third-order valence-electron chi connectivity index (χ3n) is 5.11. The number of allylic oxidation sites excluding steroid dienone is 1. The fourth-order valence-corrected chi connectivity index (χ4v) is 3.63. The molecular weight excluding hydrogens is 297 g/mol. The second-order valence-electron chi connectivity index (χ2n) is 6.82. The average molecular weight is 324 g/mol. The number of halogens is 3. The number of hydrogen-bond acceptors (Lipinski definition) is 0. The van der Waals surface area contributed by atoms with Crippen molar-refractivity contribution in [1.29, 1.82) is 0 Å². The number of aryl methyl sites for hydroxylation is 1. The van der Waals surface area contributed by atoms with E-state index >= 15 is 0 Å². The molecule has 1 aliphatic rings. The summed E-state index contributed by atoms with van der Waals surface area (Å²) in [5, 5.41) is 0. The maximum Gasteiger partial charge on any atom is 0.159 e. The first kappa shape index (κ1) is 18.1. The van der Waals surface area contributed by atoms with Gasteiger partial charge in [-0.15, -0.1) is 0 Å². The lowest BCUT2D eigenvalue weighted by Crippen LogP contribution is -2.15. The Morgan fingerprint density at radius 3 is 2.26 bits per heavy atom. The number of unbranched alkanes of at least 4 members (excludes halogenated alkanes) is 2. The van der Waals surface area contributed by atoms with Crippen LogP contribution in [0.25, 0.3) is 0 Å². The van der Waals surface area contributed by atoms with E-state index in [0.717, 1.165) is 37.2 Å². The van der Waals surface area contributed by atoms with Crippen LogP contribution in [0.5, 0.6) is 0 Å². The van der Waals surface area contributed by atoms with Gasteiger partial charge in [-0.3, -0.25) is 0 Å². The van der Waals surface area contributed by atoms with Gasteiger partial charge in [0.25, 0.3) is 0 Å². The van der Waals surface area contributed by atoms with Crippen molar-refractivity contribution in [2.45, 2.75) is 64.2 Å². The molecule has 1 aliphatic carbocycles. The molecule has 0 aromatic heterocycles. The van der Waals surface area contributed by atoms with Crippen molar-refractivity contribution in [3.05, 3.63) is 47.8 Å². The molecule has 3 heteroatoms. The zero-order valence-electron chi connectivity index (χ0n) is 13.7. The summed E-state index contributed by atoms with van der Waals surface area (Å²) in [5.74, 6) is 0.0304. The zero-order chi connectivity index (χ0) is 16.5. The van der Waals surface area contributed by atoms with E-state index in [4.69, 9.17) is 0 Å². The van der Waals surface area contributed by atoms with Gasteiger partial charge in [0.05, 0.1) is 6.33 Å². The molecule has 0 aliphatic heterocycles. The Hall–Kier alpha value is -1.25. The van der Waals surface area contributed by atoms with Crippen molar-refractivity contribution < 1.29 is 13.2 Å². The summed E-state index contributed by atoms with van der Waals surface area (Å²) in [5.41, 5.74) is 0.895. The smallest absolute Gasteiger partial charge is 0.159 e. The first-order valence-electron chi connectivity index (χ1n) is 8.88. The van der Waals surface area contributed by atoms with Crippen LogP contribution in [0.1, 0.15) is 63.4 Å². The minimum absolute atomic E-state index is 0.637. The Morgan fingerprint density at radius 2 is 1.61 bits per heavy atom. The molecule has 0 atom stereocenters. The van der Waals surface area contributed by atoms with Gasteiger partial charge in [-0.2, -0.15) is 0 Å². The second kappa shape index (κ2) is 9.79. The predicted octanol–water partition coefficient (Wildman–Crippen LogP) is 6.75. The van der Waals surface area contributed by atoms with Gasteiger partial charge in [0.2, 0.25) is 0 Å². The normalized spacial score (nSPS) is 21.9. The van der Waals surface area contributed by atoms with E-state index < -0.39 is 11.6 Å². The van der Waals surface area contributed by atoms with Crippen LogP contribution in [0.15, 0.2) is 30.6 Å². The molecule has 2 rings (SSSR count). The molecule has 0 N–H and O–H groups in total. The molecule has 1 aromatic rings. The quantitative estimate of drug-likeness (QED) is 0.464. The summed E-state index contributed by atoms with van der Waals surface area (Å²) in [4.78, 5) is 0. The van der Waals surface area contributed by atoms with Crippen LogP contribution in [0, 0.1) is 23.5 Å². The lowest BCUT2D eigenvalue weighted by Gasteiger charge is -2.28. The molecule has 1 aromatic carbocycles.